The molecule has 1 saturated heterocycles. The number of amides is 1. The number of benzene rings is 2. The van der Waals surface area contributed by atoms with Crippen LogP contribution >= 0.6 is 11.6 Å². The van der Waals surface area contributed by atoms with Crippen LogP contribution in [0.3, 0.4) is 0 Å². The lowest BCUT2D eigenvalue weighted by atomic mass is 10.0. The number of ether oxygens (including phenoxy) is 1. The Kier molecular flexibility index (Phi) is 10.3. The van der Waals surface area contributed by atoms with Gasteiger partial charge in [-0.05, 0) is 88.4 Å². The number of anilines is 1. The van der Waals surface area contributed by atoms with E-state index in [0.717, 1.165) is 48.7 Å². The number of nitrogens with zero attached hydrogens (tertiary/aromatic N) is 2. The predicted octanol–water partition coefficient (Wildman–Crippen LogP) is 4.65. The monoisotopic (exact) mass is 578 g/mol. The molecule has 0 saturated carbocycles. The number of hydrogen-bond acceptors (Lipinski definition) is 6. The highest BCUT2D eigenvalue weighted by Gasteiger charge is 2.27. The third-order valence-electron chi connectivity index (χ3n) is 7.03. The highest BCUT2D eigenvalue weighted by atomic mass is 35.5. The van der Waals surface area contributed by atoms with Gasteiger partial charge in [-0.3, -0.25) is 4.79 Å². The number of carbonyl (C=O) groups excluding carboxylic acids is 1. The summed E-state index contributed by atoms with van der Waals surface area (Å²) in [5.41, 5.74) is 3.43. The van der Waals surface area contributed by atoms with Gasteiger partial charge in [0.25, 0.3) is 0 Å². The first-order valence-electron chi connectivity index (χ1n) is 13.4. The van der Waals surface area contributed by atoms with Crippen LogP contribution in [0.4, 0.5) is 5.69 Å². The number of piperidine rings is 1. The van der Waals surface area contributed by atoms with E-state index in [1.165, 1.54) is 11.4 Å². The molecule has 10 heteroatoms. The van der Waals surface area contributed by atoms with E-state index in [0.29, 0.717) is 16.9 Å². The summed E-state index contributed by atoms with van der Waals surface area (Å²) in [6.07, 6.45) is 1.70. The van der Waals surface area contributed by atoms with Gasteiger partial charge < -0.3 is 20.3 Å². The Morgan fingerprint density at radius 2 is 1.74 bits per heavy atom. The number of methoxy groups -OCH3 is 1. The minimum Gasteiger partial charge on any atom is -0.497 e. The molecule has 2 aromatic rings. The van der Waals surface area contributed by atoms with Crippen LogP contribution in [-0.2, 0) is 21.4 Å². The maximum absolute atomic E-state index is 13.2. The normalized spacial score (nSPS) is 15.1. The molecule has 0 radical (unpaired) electrons. The Morgan fingerprint density at radius 1 is 1.13 bits per heavy atom. The fourth-order valence-corrected chi connectivity index (χ4v) is 6.72. The van der Waals surface area contributed by atoms with Crippen molar-refractivity contribution in [3.63, 3.8) is 0 Å². The molecule has 1 fully saturated rings. The molecule has 0 aromatic heterocycles. The lowest BCUT2D eigenvalue weighted by molar-refractivity contribution is -0.122. The van der Waals surface area contributed by atoms with Crippen LogP contribution in [0.15, 0.2) is 35.2 Å². The van der Waals surface area contributed by atoms with Crippen molar-refractivity contribution in [2.24, 2.45) is 0 Å². The second-order valence-electron chi connectivity index (χ2n) is 11.4. The molecule has 39 heavy (non-hydrogen) atoms. The molecular weight excluding hydrogens is 536 g/mol. The summed E-state index contributed by atoms with van der Waals surface area (Å²) in [7, 11) is -0.672. The zero-order valence-electron chi connectivity index (χ0n) is 24.2. The van der Waals surface area contributed by atoms with Gasteiger partial charge in [0, 0.05) is 51.2 Å². The van der Waals surface area contributed by atoms with Gasteiger partial charge in [0.15, 0.2) is 0 Å². The van der Waals surface area contributed by atoms with Crippen LogP contribution in [0, 0.1) is 13.8 Å². The Hall–Kier alpha value is -2.33. The highest BCUT2D eigenvalue weighted by molar-refractivity contribution is 7.89. The molecule has 1 aliphatic heterocycles. The van der Waals surface area contributed by atoms with Crippen molar-refractivity contribution in [1.82, 2.24) is 14.9 Å². The Balaban J connectivity index is 1.49. The summed E-state index contributed by atoms with van der Waals surface area (Å²) in [5.74, 6) is 0.470. The minimum absolute atomic E-state index is 0.0375. The number of carbonyl (C=O) groups is 1. The fourth-order valence-electron chi connectivity index (χ4n) is 4.82. The second-order valence-corrected chi connectivity index (χ2v) is 13.8. The van der Waals surface area contributed by atoms with E-state index in [9.17, 15) is 13.2 Å². The Bertz CT molecular complexity index is 1250. The van der Waals surface area contributed by atoms with E-state index in [1.807, 2.05) is 6.07 Å². The number of aryl methyl sites for hydroxylation is 2. The average molecular weight is 579 g/mol. The molecular formula is C29H43ClN4O4S. The summed E-state index contributed by atoms with van der Waals surface area (Å²) in [6, 6.07) is 9.66. The van der Waals surface area contributed by atoms with Crippen molar-refractivity contribution in [2.75, 3.05) is 38.7 Å². The van der Waals surface area contributed by atoms with Crippen LogP contribution in [-0.4, -0.2) is 64.0 Å². The summed E-state index contributed by atoms with van der Waals surface area (Å²) in [6.45, 7) is 12.3. The summed E-state index contributed by atoms with van der Waals surface area (Å²) in [4.78, 5) is 15.2. The molecule has 2 aromatic carbocycles. The Morgan fingerprint density at radius 3 is 2.28 bits per heavy atom. The van der Waals surface area contributed by atoms with Crippen LogP contribution in [0.2, 0.25) is 5.02 Å². The van der Waals surface area contributed by atoms with E-state index in [2.05, 4.69) is 48.4 Å². The van der Waals surface area contributed by atoms with Crippen LogP contribution in [0.1, 0.15) is 56.7 Å². The fraction of sp³-hybridized carbons (Fsp3) is 0.552. The highest BCUT2D eigenvalue weighted by Crippen LogP contribution is 2.30. The molecule has 1 heterocycles. The first-order valence-corrected chi connectivity index (χ1v) is 15.2. The van der Waals surface area contributed by atoms with Crippen molar-refractivity contribution in [2.45, 2.75) is 76.9 Å². The van der Waals surface area contributed by atoms with Crippen molar-refractivity contribution < 1.29 is 17.9 Å². The number of sulfonamides is 1. The van der Waals surface area contributed by atoms with Gasteiger partial charge >= 0.3 is 0 Å². The molecule has 1 amide bonds. The Labute approximate surface area is 239 Å². The maximum atomic E-state index is 13.2. The number of halogens is 1. The molecule has 216 valence electrons. The van der Waals surface area contributed by atoms with Gasteiger partial charge in [0.1, 0.15) is 5.75 Å². The zero-order valence-corrected chi connectivity index (χ0v) is 25.8. The SMILES string of the molecule is COc1cc(C)c(S(=O)(=O)N(C)CCC(=O)NC2CCN(c3ccc(CNC(C)(C)C)cc3Cl)CC2)c(C)c1. The van der Waals surface area contributed by atoms with Crippen molar-refractivity contribution in [1.29, 1.82) is 0 Å². The third kappa shape index (κ3) is 8.33. The van der Waals surface area contributed by atoms with Gasteiger partial charge in [0.05, 0.1) is 22.7 Å². The largest absolute Gasteiger partial charge is 0.497 e. The smallest absolute Gasteiger partial charge is 0.243 e. The first-order chi connectivity index (χ1) is 18.2. The minimum atomic E-state index is -3.74. The molecule has 8 nitrogen and oxygen atoms in total. The van der Waals surface area contributed by atoms with Gasteiger partial charge in [-0.15, -0.1) is 0 Å². The number of nitrogens with one attached hydrogen (secondary N) is 2. The predicted molar refractivity (Wildman–Crippen MR) is 158 cm³/mol. The summed E-state index contributed by atoms with van der Waals surface area (Å²) < 4.78 is 32.9. The third-order valence-corrected chi connectivity index (χ3v) is 9.49. The standard InChI is InChI=1S/C29H43ClN4O4S/c1-20-16-24(38-7)17-21(2)28(20)39(36,37)33(6)13-12-27(35)32-23-10-14-34(15-11-23)26-9-8-22(18-25(26)30)19-31-29(3,4)5/h8-9,16-18,23,31H,10-15,19H2,1-7H3,(H,32,35). The molecule has 0 aliphatic carbocycles. The van der Waals surface area contributed by atoms with Gasteiger partial charge in [-0.1, -0.05) is 17.7 Å². The second kappa shape index (κ2) is 12.9. The molecule has 1 aliphatic rings. The zero-order chi connectivity index (χ0) is 29.0. The van der Waals surface area contributed by atoms with E-state index in [-0.39, 0.29) is 35.3 Å². The molecule has 0 unspecified atom stereocenters. The maximum Gasteiger partial charge on any atom is 0.243 e. The molecule has 0 bridgehead atoms. The van der Waals surface area contributed by atoms with Gasteiger partial charge in [-0.2, -0.15) is 0 Å². The lowest BCUT2D eigenvalue weighted by Crippen LogP contribution is -2.45. The summed E-state index contributed by atoms with van der Waals surface area (Å²) in [5, 5.41) is 7.30. The summed E-state index contributed by atoms with van der Waals surface area (Å²) >= 11 is 6.62. The van der Waals surface area contributed by atoms with E-state index in [1.54, 1.807) is 33.1 Å². The van der Waals surface area contributed by atoms with Crippen molar-refractivity contribution in [3.8, 4) is 5.75 Å². The molecule has 3 rings (SSSR count). The van der Waals surface area contributed by atoms with Gasteiger partial charge in [-0.25, -0.2) is 12.7 Å². The molecule has 0 spiro atoms. The van der Waals surface area contributed by atoms with Crippen LogP contribution in [0.25, 0.3) is 0 Å². The van der Waals surface area contributed by atoms with Crippen molar-refractivity contribution in [3.05, 3.63) is 52.0 Å². The number of hydrogen-bond donors (Lipinski definition) is 2. The van der Waals surface area contributed by atoms with Crippen LogP contribution < -0.4 is 20.3 Å². The van der Waals surface area contributed by atoms with E-state index < -0.39 is 10.0 Å². The van der Waals surface area contributed by atoms with E-state index >= 15 is 0 Å². The quantitative estimate of drug-likeness (QED) is 0.426. The number of rotatable bonds is 10. The van der Waals surface area contributed by atoms with Crippen LogP contribution in [0.5, 0.6) is 5.75 Å². The van der Waals surface area contributed by atoms with E-state index in [4.69, 9.17) is 16.3 Å². The molecule has 0 atom stereocenters. The van der Waals surface area contributed by atoms with Gasteiger partial charge in [0.2, 0.25) is 15.9 Å². The average Bonchev–Trinajstić information content (AvgIpc) is 2.85. The topological polar surface area (TPSA) is 91.0 Å². The van der Waals surface area contributed by atoms with Crippen molar-refractivity contribution >= 4 is 33.2 Å². The lowest BCUT2D eigenvalue weighted by Gasteiger charge is -2.34. The first kappa shape index (κ1) is 31.2. The molecule has 2 N–H and O–H groups in total.